The van der Waals surface area contributed by atoms with Gasteiger partial charge < -0.3 is 14.4 Å². The lowest BCUT2D eigenvalue weighted by Gasteiger charge is -2.16. The molecule has 23 heavy (non-hydrogen) atoms. The van der Waals surface area contributed by atoms with Crippen molar-refractivity contribution in [2.24, 2.45) is 0 Å². The molecule has 1 aromatic carbocycles. The van der Waals surface area contributed by atoms with Gasteiger partial charge in [-0.25, -0.2) is 4.39 Å². The minimum absolute atomic E-state index is 0.0452. The molecule has 0 spiro atoms. The second kappa shape index (κ2) is 6.74. The Morgan fingerprint density at radius 3 is 2.96 bits per heavy atom. The van der Waals surface area contributed by atoms with E-state index in [4.69, 9.17) is 9.47 Å². The highest BCUT2D eigenvalue weighted by atomic mass is 19.1. The molecule has 7 nitrogen and oxygen atoms in total. The summed E-state index contributed by atoms with van der Waals surface area (Å²) in [5, 5.41) is 10.4. The number of likely N-dealkylation sites (tertiary alicyclic amines) is 1. The van der Waals surface area contributed by atoms with Gasteiger partial charge in [-0.15, -0.1) is 0 Å². The van der Waals surface area contributed by atoms with Crippen LogP contribution in [0.5, 0.6) is 5.75 Å². The van der Waals surface area contributed by atoms with Gasteiger partial charge in [0.2, 0.25) is 0 Å². The topological polar surface area (TPSA) is 80.3 Å². The number of H-pyrrole nitrogens is 1. The number of benzene rings is 1. The zero-order valence-electron chi connectivity index (χ0n) is 12.6. The molecule has 1 aliphatic heterocycles. The standard InChI is InChI=1S/C15H17FN4O3/c1-22-14-8-20(7-10(14)12-6-17-19-18-12)15(21)9-23-13-5-3-2-4-11(13)16/h2-6,10,14H,7-9H2,1H3,(H,17,18,19)/t10-,14+/m0/s1. The molecule has 122 valence electrons. The number of hydrogen-bond acceptors (Lipinski definition) is 5. The lowest BCUT2D eigenvalue weighted by atomic mass is 10.0. The van der Waals surface area contributed by atoms with Crippen LogP contribution in [0.25, 0.3) is 0 Å². The van der Waals surface area contributed by atoms with E-state index in [-0.39, 0.29) is 30.3 Å². The highest BCUT2D eigenvalue weighted by molar-refractivity contribution is 5.78. The van der Waals surface area contributed by atoms with Crippen LogP contribution in [0.3, 0.4) is 0 Å². The predicted octanol–water partition coefficient (Wildman–Crippen LogP) is 0.964. The Morgan fingerprint density at radius 1 is 1.43 bits per heavy atom. The van der Waals surface area contributed by atoms with E-state index in [2.05, 4.69) is 15.4 Å². The first kappa shape index (κ1) is 15.4. The third-order valence-electron chi connectivity index (χ3n) is 3.92. The van der Waals surface area contributed by atoms with Gasteiger partial charge in [-0.3, -0.25) is 4.79 Å². The van der Waals surface area contributed by atoms with Crippen molar-refractivity contribution >= 4 is 5.91 Å². The Hall–Kier alpha value is -2.48. The van der Waals surface area contributed by atoms with E-state index in [9.17, 15) is 9.18 Å². The normalized spacial score (nSPS) is 20.7. The molecule has 0 bridgehead atoms. The zero-order valence-corrected chi connectivity index (χ0v) is 12.6. The molecule has 0 saturated carbocycles. The molecule has 0 radical (unpaired) electrons. The molecule has 8 heteroatoms. The quantitative estimate of drug-likeness (QED) is 0.888. The van der Waals surface area contributed by atoms with Crippen molar-refractivity contribution in [1.82, 2.24) is 20.3 Å². The molecule has 1 saturated heterocycles. The minimum Gasteiger partial charge on any atom is -0.481 e. The van der Waals surface area contributed by atoms with Crippen LogP contribution in [-0.4, -0.2) is 59.1 Å². The fourth-order valence-electron chi connectivity index (χ4n) is 2.68. The largest absolute Gasteiger partial charge is 0.481 e. The van der Waals surface area contributed by atoms with Crippen molar-refractivity contribution in [3.05, 3.63) is 42.0 Å². The van der Waals surface area contributed by atoms with Crippen molar-refractivity contribution in [2.75, 3.05) is 26.8 Å². The maximum atomic E-state index is 13.5. The number of methoxy groups -OCH3 is 1. The lowest BCUT2D eigenvalue weighted by Crippen LogP contribution is -2.34. The fourth-order valence-corrected chi connectivity index (χ4v) is 2.68. The van der Waals surface area contributed by atoms with Gasteiger partial charge in [-0.2, -0.15) is 15.4 Å². The number of ether oxygens (including phenoxy) is 2. The second-order valence-electron chi connectivity index (χ2n) is 5.29. The number of para-hydroxylation sites is 1. The average Bonchev–Trinajstić information content (AvgIpc) is 3.22. The minimum atomic E-state index is -0.489. The number of rotatable bonds is 5. The van der Waals surface area contributed by atoms with Crippen LogP contribution in [-0.2, 0) is 9.53 Å². The van der Waals surface area contributed by atoms with Crippen molar-refractivity contribution < 1.29 is 18.7 Å². The number of carbonyl (C=O) groups excluding carboxylic acids is 1. The van der Waals surface area contributed by atoms with E-state index in [0.717, 1.165) is 5.69 Å². The summed E-state index contributed by atoms with van der Waals surface area (Å²) in [5.41, 5.74) is 0.752. The molecule has 1 fully saturated rings. The zero-order chi connectivity index (χ0) is 16.2. The van der Waals surface area contributed by atoms with Crippen molar-refractivity contribution in [2.45, 2.75) is 12.0 Å². The van der Waals surface area contributed by atoms with E-state index in [1.54, 1.807) is 30.3 Å². The number of hydrogen-bond donors (Lipinski definition) is 1. The van der Waals surface area contributed by atoms with Crippen LogP contribution in [0.1, 0.15) is 11.6 Å². The van der Waals surface area contributed by atoms with Crippen LogP contribution in [0.15, 0.2) is 30.5 Å². The first-order valence-corrected chi connectivity index (χ1v) is 7.22. The third-order valence-corrected chi connectivity index (χ3v) is 3.92. The molecular weight excluding hydrogens is 303 g/mol. The van der Waals surface area contributed by atoms with E-state index in [0.29, 0.717) is 13.1 Å². The summed E-state index contributed by atoms with van der Waals surface area (Å²) in [6, 6.07) is 6.00. The number of halogens is 1. The van der Waals surface area contributed by atoms with Crippen LogP contribution >= 0.6 is 0 Å². The summed E-state index contributed by atoms with van der Waals surface area (Å²) in [4.78, 5) is 13.9. The SMILES string of the molecule is CO[C@@H]1CN(C(=O)COc2ccccc2F)C[C@H]1c1cn[nH]n1. The number of amides is 1. The highest BCUT2D eigenvalue weighted by Crippen LogP contribution is 2.28. The first-order chi connectivity index (χ1) is 11.2. The lowest BCUT2D eigenvalue weighted by molar-refractivity contribution is -0.132. The summed E-state index contributed by atoms with van der Waals surface area (Å²) in [6.07, 6.45) is 1.47. The van der Waals surface area contributed by atoms with Gasteiger partial charge in [0, 0.05) is 20.2 Å². The van der Waals surface area contributed by atoms with Gasteiger partial charge in [-0.05, 0) is 12.1 Å². The molecular formula is C15H17FN4O3. The molecule has 1 N–H and O–H groups in total. The van der Waals surface area contributed by atoms with Crippen LogP contribution in [0, 0.1) is 5.82 Å². The predicted molar refractivity (Wildman–Crippen MR) is 78.4 cm³/mol. The third kappa shape index (κ3) is 3.31. The van der Waals surface area contributed by atoms with Crippen LogP contribution < -0.4 is 4.74 Å². The molecule has 0 unspecified atom stereocenters. The Kier molecular flexibility index (Phi) is 4.52. The molecule has 2 atom stereocenters. The Labute approximate surface area is 132 Å². The van der Waals surface area contributed by atoms with Crippen LogP contribution in [0.4, 0.5) is 4.39 Å². The maximum Gasteiger partial charge on any atom is 0.260 e. The number of carbonyl (C=O) groups is 1. The second-order valence-corrected chi connectivity index (χ2v) is 5.29. The summed E-state index contributed by atoms with van der Waals surface area (Å²) in [7, 11) is 1.60. The molecule has 1 aliphatic rings. The molecule has 1 amide bonds. The molecule has 1 aromatic heterocycles. The molecule has 2 heterocycles. The first-order valence-electron chi connectivity index (χ1n) is 7.22. The smallest absolute Gasteiger partial charge is 0.260 e. The number of aromatic nitrogens is 3. The van der Waals surface area contributed by atoms with E-state index in [1.807, 2.05) is 0 Å². The van der Waals surface area contributed by atoms with E-state index in [1.165, 1.54) is 12.1 Å². The van der Waals surface area contributed by atoms with Crippen LogP contribution in [0.2, 0.25) is 0 Å². The molecule has 3 rings (SSSR count). The maximum absolute atomic E-state index is 13.5. The highest BCUT2D eigenvalue weighted by Gasteiger charge is 2.37. The summed E-state index contributed by atoms with van der Waals surface area (Å²) in [5.74, 6) is -0.689. The monoisotopic (exact) mass is 320 g/mol. The average molecular weight is 320 g/mol. The van der Waals surface area contributed by atoms with E-state index >= 15 is 0 Å². The Balaban J connectivity index is 1.61. The fraction of sp³-hybridized carbons (Fsp3) is 0.400. The van der Waals surface area contributed by atoms with Gasteiger partial charge in [0.05, 0.1) is 23.9 Å². The van der Waals surface area contributed by atoms with Gasteiger partial charge in [0.1, 0.15) is 0 Å². The van der Waals surface area contributed by atoms with Crippen molar-refractivity contribution in [3.63, 3.8) is 0 Å². The Bertz CT molecular complexity index is 665. The molecule has 0 aliphatic carbocycles. The number of nitrogens with one attached hydrogen (secondary N) is 1. The van der Waals surface area contributed by atoms with Crippen molar-refractivity contribution in [1.29, 1.82) is 0 Å². The van der Waals surface area contributed by atoms with Gasteiger partial charge >= 0.3 is 0 Å². The summed E-state index contributed by atoms with van der Waals surface area (Å²) < 4.78 is 24.2. The van der Waals surface area contributed by atoms with Gasteiger partial charge in [0.25, 0.3) is 5.91 Å². The number of nitrogens with zero attached hydrogens (tertiary/aromatic N) is 3. The van der Waals surface area contributed by atoms with Gasteiger partial charge in [0.15, 0.2) is 18.2 Å². The summed E-state index contributed by atoms with van der Waals surface area (Å²) >= 11 is 0. The summed E-state index contributed by atoms with van der Waals surface area (Å²) in [6.45, 7) is 0.681. The number of aromatic amines is 1. The molecule has 2 aromatic rings. The van der Waals surface area contributed by atoms with E-state index < -0.39 is 5.82 Å². The Morgan fingerprint density at radius 2 is 2.26 bits per heavy atom. The van der Waals surface area contributed by atoms with Crippen molar-refractivity contribution in [3.8, 4) is 5.75 Å². The van der Waals surface area contributed by atoms with Gasteiger partial charge in [-0.1, -0.05) is 12.1 Å².